The molecule has 1 atom stereocenters. The zero-order valence-electron chi connectivity index (χ0n) is 14.9. The maximum absolute atomic E-state index is 12.3. The molecule has 0 spiro atoms. The van der Waals surface area contributed by atoms with Gasteiger partial charge in [0, 0.05) is 11.4 Å². The van der Waals surface area contributed by atoms with E-state index in [0.29, 0.717) is 19.5 Å². The van der Waals surface area contributed by atoms with Gasteiger partial charge >= 0.3 is 12.0 Å². The van der Waals surface area contributed by atoms with Crippen LogP contribution in [0.15, 0.2) is 41.8 Å². The Hall–Kier alpha value is -2.71. The number of nitrogens with one attached hydrogen (secondary N) is 2. The predicted molar refractivity (Wildman–Crippen MR) is 101 cm³/mol. The van der Waals surface area contributed by atoms with Gasteiger partial charge in [-0.15, -0.1) is 11.3 Å². The van der Waals surface area contributed by atoms with Crippen LogP contribution in [0.1, 0.15) is 16.0 Å². The number of hydrogen-bond acceptors (Lipinski definition) is 6. The second-order valence-electron chi connectivity index (χ2n) is 6.23. The number of rotatable bonds is 5. The summed E-state index contributed by atoms with van der Waals surface area (Å²) in [7, 11) is 1.33. The minimum absolute atomic E-state index is 0.0689. The summed E-state index contributed by atoms with van der Waals surface area (Å²) in [4.78, 5) is 39.1. The molecule has 1 aromatic heterocycles. The molecule has 27 heavy (non-hydrogen) atoms. The Morgan fingerprint density at radius 1 is 1.19 bits per heavy atom. The van der Waals surface area contributed by atoms with Gasteiger partial charge in [-0.2, -0.15) is 0 Å². The number of methoxy groups -OCH3 is 1. The lowest BCUT2D eigenvalue weighted by Gasteiger charge is -2.34. The summed E-state index contributed by atoms with van der Waals surface area (Å²) in [6, 6.07) is 10.5. The number of nitrogens with zero attached hydrogens (tertiary/aromatic N) is 1. The molecule has 142 valence electrons. The average molecular weight is 387 g/mol. The first-order valence-electron chi connectivity index (χ1n) is 8.55. The van der Waals surface area contributed by atoms with Crippen LogP contribution in [0, 0.1) is 0 Å². The summed E-state index contributed by atoms with van der Waals surface area (Å²) in [5, 5.41) is 6.87. The van der Waals surface area contributed by atoms with E-state index < -0.39 is 18.0 Å². The van der Waals surface area contributed by atoms with Crippen LogP contribution in [0.25, 0.3) is 0 Å². The third kappa shape index (κ3) is 4.93. The quantitative estimate of drug-likeness (QED) is 0.762. The zero-order chi connectivity index (χ0) is 19.2. The first kappa shape index (κ1) is 19.1. The number of amides is 3. The van der Waals surface area contributed by atoms with E-state index in [2.05, 4.69) is 10.6 Å². The van der Waals surface area contributed by atoms with Gasteiger partial charge in [0.15, 0.2) is 0 Å². The number of fused-ring (bicyclic) bond motifs is 1. The molecule has 7 nitrogen and oxygen atoms in total. The van der Waals surface area contributed by atoms with E-state index in [1.807, 2.05) is 41.8 Å². The Kier molecular flexibility index (Phi) is 6.20. The summed E-state index contributed by atoms with van der Waals surface area (Å²) < 4.78 is 4.89. The first-order chi connectivity index (χ1) is 13.1. The number of ether oxygens (including phenoxy) is 1. The summed E-state index contributed by atoms with van der Waals surface area (Å²) >= 11 is 1.52. The minimum Gasteiger partial charge on any atom is -0.468 e. The van der Waals surface area contributed by atoms with Gasteiger partial charge in [0.2, 0.25) is 5.91 Å². The molecule has 0 bridgehead atoms. The van der Waals surface area contributed by atoms with Crippen LogP contribution in [0.5, 0.6) is 0 Å². The van der Waals surface area contributed by atoms with Gasteiger partial charge < -0.3 is 10.1 Å². The molecule has 1 aliphatic rings. The van der Waals surface area contributed by atoms with E-state index in [4.69, 9.17) is 4.74 Å². The second-order valence-corrected chi connectivity index (χ2v) is 7.26. The summed E-state index contributed by atoms with van der Waals surface area (Å²) in [6.45, 7) is 0.735. The topological polar surface area (TPSA) is 87.7 Å². The van der Waals surface area contributed by atoms with Crippen LogP contribution >= 0.6 is 11.3 Å². The van der Waals surface area contributed by atoms with Crippen LogP contribution in [0.4, 0.5) is 4.79 Å². The molecule has 0 saturated heterocycles. The lowest BCUT2D eigenvalue weighted by Crippen LogP contribution is -2.51. The molecule has 2 heterocycles. The Morgan fingerprint density at radius 3 is 2.67 bits per heavy atom. The fourth-order valence-electron chi connectivity index (χ4n) is 3.09. The van der Waals surface area contributed by atoms with Crippen LogP contribution in [-0.4, -0.2) is 42.5 Å². The lowest BCUT2D eigenvalue weighted by atomic mass is 9.94. The number of imide groups is 1. The Morgan fingerprint density at radius 2 is 1.96 bits per heavy atom. The van der Waals surface area contributed by atoms with E-state index in [1.54, 1.807) is 4.90 Å². The molecule has 3 rings (SSSR count). The van der Waals surface area contributed by atoms with E-state index in [0.717, 1.165) is 16.0 Å². The van der Waals surface area contributed by atoms with Crippen molar-refractivity contribution in [3.8, 4) is 0 Å². The first-order valence-corrected chi connectivity index (χ1v) is 9.43. The SMILES string of the molecule is COC(=O)[C@H]1Cc2ccccc2CN1CC(=O)NC(=O)NCc1cccs1. The highest BCUT2D eigenvalue weighted by Gasteiger charge is 2.33. The fraction of sp³-hybridized carbons (Fsp3) is 0.316. The van der Waals surface area contributed by atoms with Crippen molar-refractivity contribution in [3.05, 3.63) is 57.8 Å². The Balaban J connectivity index is 1.59. The fourth-order valence-corrected chi connectivity index (χ4v) is 3.73. The number of carbonyl (C=O) groups excluding carboxylic acids is 3. The van der Waals surface area contributed by atoms with Crippen LogP contribution in [-0.2, 0) is 33.8 Å². The third-order valence-electron chi connectivity index (χ3n) is 4.42. The summed E-state index contributed by atoms with van der Waals surface area (Å²) in [5.74, 6) is -0.855. The monoisotopic (exact) mass is 387 g/mol. The van der Waals surface area contributed by atoms with Gasteiger partial charge in [-0.05, 0) is 29.0 Å². The Bertz CT molecular complexity index is 822. The molecule has 0 radical (unpaired) electrons. The normalized spacial score (nSPS) is 16.3. The molecule has 2 aromatic rings. The Labute approximate surface area is 161 Å². The molecule has 1 aliphatic heterocycles. The van der Waals surface area contributed by atoms with Crippen molar-refractivity contribution in [2.24, 2.45) is 0 Å². The number of esters is 1. The van der Waals surface area contributed by atoms with E-state index in [9.17, 15) is 14.4 Å². The van der Waals surface area contributed by atoms with Gasteiger partial charge in [0.1, 0.15) is 6.04 Å². The van der Waals surface area contributed by atoms with Gasteiger partial charge in [0.25, 0.3) is 0 Å². The van der Waals surface area contributed by atoms with Crippen LogP contribution in [0.2, 0.25) is 0 Å². The number of urea groups is 1. The molecule has 0 fully saturated rings. The molecule has 8 heteroatoms. The molecular formula is C19H21N3O4S. The van der Waals surface area contributed by atoms with Crippen molar-refractivity contribution in [1.29, 1.82) is 0 Å². The predicted octanol–water partition coefficient (Wildman–Crippen LogP) is 1.67. The average Bonchev–Trinajstić information content (AvgIpc) is 3.18. The van der Waals surface area contributed by atoms with Crippen molar-refractivity contribution in [2.75, 3.05) is 13.7 Å². The molecule has 0 saturated carbocycles. The molecule has 0 aliphatic carbocycles. The van der Waals surface area contributed by atoms with Crippen molar-refractivity contribution in [3.63, 3.8) is 0 Å². The number of carbonyl (C=O) groups is 3. The zero-order valence-corrected chi connectivity index (χ0v) is 15.8. The highest BCUT2D eigenvalue weighted by molar-refractivity contribution is 7.09. The molecule has 0 unspecified atom stereocenters. The van der Waals surface area contributed by atoms with E-state index >= 15 is 0 Å². The van der Waals surface area contributed by atoms with Crippen molar-refractivity contribution >= 4 is 29.2 Å². The van der Waals surface area contributed by atoms with Crippen molar-refractivity contribution in [2.45, 2.75) is 25.6 Å². The number of benzene rings is 1. The summed E-state index contributed by atoms with van der Waals surface area (Å²) in [6.07, 6.45) is 0.473. The second kappa shape index (κ2) is 8.79. The van der Waals surface area contributed by atoms with Crippen molar-refractivity contribution < 1.29 is 19.1 Å². The smallest absolute Gasteiger partial charge is 0.323 e. The molecule has 3 amide bonds. The molecular weight excluding hydrogens is 366 g/mol. The van der Waals surface area contributed by atoms with Gasteiger partial charge in [0.05, 0.1) is 20.2 Å². The van der Waals surface area contributed by atoms with Gasteiger partial charge in [-0.25, -0.2) is 4.79 Å². The number of hydrogen-bond donors (Lipinski definition) is 2. The standard InChI is InChI=1S/C19H21N3O4S/c1-26-18(24)16-9-13-5-2-3-6-14(13)11-22(16)12-17(23)21-19(25)20-10-15-7-4-8-27-15/h2-8,16H,9-12H2,1H3,(H2,20,21,23,25)/t16-/m1/s1. The number of thiophene rings is 1. The van der Waals surface area contributed by atoms with Crippen molar-refractivity contribution in [1.82, 2.24) is 15.5 Å². The van der Waals surface area contributed by atoms with E-state index in [1.165, 1.54) is 18.4 Å². The van der Waals surface area contributed by atoms with Crippen LogP contribution in [0.3, 0.4) is 0 Å². The lowest BCUT2D eigenvalue weighted by molar-refractivity contribution is -0.148. The van der Waals surface area contributed by atoms with E-state index in [-0.39, 0.29) is 12.5 Å². The highest BCUT2D eigenvalue weighted by atomic mass is 32.1. The van der Waals surface area contributed by atoms with Gasteiger partial charge in [-0.3, -0.25) is 19.8 Å². The molecule has 1 aromatic carbocycles. The summed E-state index contributed by atoms with van der Waals surface area (Å²) in [5.41, 5.74) is 2.13. The van der Waals surface area contributed by atoms with Crippen LogP contribution < -0.4 is 10.6 Å². The maximum atomic E-state index is 12.3. The molecule has 2 N–H and O–H groups in total. The highest BCUT2D eigenvalue weighted by Crippen LogP contribution is 2.23. The minimum atomic E-state index is -0.555. The largest absolute Gasteiger partial charge is 0.468 e. The maximum Gasteiger partial charge on any atom is 0.323 e. The third-order valence-corrected chi connectivity index (χ3v) is 5.30. The van der Waals surface area contributed by atoms with Gasteiger partial charge in [-0.1, -0.05) is 30.3 Å².